The van der Waals surface area contributed by atoms with Gasteiger partial charge in [-0.05, 0) is 29.8 Å². The second-order valence-corrected chi connectivity index (χ2v) is 4.92. The maximum atomic E-state index is 13.7. The van der Waals surface area contributed by atoms with Gasteiger partial charge in [0.15, 0.2) is 12.4 Å². The molecule has 8 heteroatoms. The number of nitrogens with zero attached hydrogens (tertiary/aromatic N) is 2. The Kier molecular flexibility index (Phi) is 4.20. The van der Waals surface area contributed by atoms with Gasteiger partial charge < -0.3 is 4.74 Å². The molecule has 0 aliphatic rings. The van der Waals surface area contributed by atoms with Crippen LogP contribution < -0.4 is 4.74 Å². The maximum absolute atomic E-state index is 13.7. The number of nitrogens with one attached hydrogen (secondary N) is 1. The van der Waals surface area contributed by atoms with Crippen molar-refractivity contribution in [3.05, 3.63) is 54.6 Å². The Morgan fingerprint density at radius 3 is 2.50 bits per heavy atom. The molecule has 24 heavy (non-hydrogen) atoms. The van der Waals surface area contributed by atoms with Crippen LogP contribution in [0.5, 0.6) is 5.75 Å². The topological polar surface area (TPSA) is 50.8 Å². The summed E-state index contributed by atoms with van der Waals surface area (Å²) >= 11 is 0. The molecule has 1 heterocycles. The summed E-state index contributed by atoms with van der Waals surface area (Å²) in [6.45, 7) is -1.43. The molecule has 0 spiro atoms. The predicted molar refractivity (Wildman–Crippen MR) is 78.8 cm³/mol. The van der Waals surface area contributed by atoms with Crippen LogP contribution in [-0.2, 0) is 0 Å². The summed E-state index contributed by atoms with van der Waals surface area (Å²) in [7, 11) is 0. The molecular weight excluding hydrogens is 326 g/mol. The van der Waals surface area contributed by atoms with Gasteiger partial charge in [-0.25, -0.2) is 9.37 Å². The summed E-state index contributed by atoms with van der Waals surface area (Å²) in [4.78, 5) is 4.01. The van der Waals surface area contributed by atoms with E-state index in [1.807, 2.05) is 0 Å². The Morgan fingerprint density at radius 2 is 1.79 bits per heavy atom. The van der Waals surface area contributed by atoms with Gasteiger partial charge in [-0.1, -0.05) is 18.2 Å². The van der Waals surface area contributed by atoms with E-state index >= 15 is 0 Å². The van der Waals surface area contributed by atoms with Gasteiger partial charge in [0, 0.05) is 11.1 Å². The smallest absolute Gasteiger partial charge is 0.422 e. The first-order valence-electron chi connectivity index (χ1n) is 6.88. The van der Waals surface area contributed by atoms with Crippen LogP contribution in [0.2, 0.25) is 0 Å². The molecular formula is C16H11F4N3O. The molecule has 124 valence electrons. The van der Waals surface area contributed by atoms with Crippen LogP contribution in [-0.4, -0.2) is 28.0 Å². The summed E-state index contributed by atoms with van der Waals surface area (Å²) < 4.78 is 55.9. The second kappa shape index (κ2) is 6.31. The standard InChI is InChI=1S/C16H11F4N3O/c17-10-5-6-12(15-21-9-22-23-15)13(7-10)11-3-1-2-4-14(11)24-8-16(18,19)20/h1-7,9H,8H2,(H,21,22,23). The number of rotatable bonds is 4. The Hall–Kier alpha value is -2.90. The number of para-hydroxylation sites is 1. The Labute approximate surface area is 134 Å². The fraction of sp³-hybridized carbons (Fsp3) is 0.125. The van der Waals surface area contributed by atoms with E-state index < -0.39 is 18.6 Å². The van der Waals surface area contributed by atoms with Crippen molar-refractivity contribution in [1.82, 2.24) is 15.2 Å². The van der Waals surface area contributed by atoms with Crippen LogP contribution in [0.25, 0.3) is 22.5 Å². The number of H-pyrrole nitrogens is 1. The number of aromatic amines is 1. The molecule has 0 fully saturated rings. The summed E-state index contributed by atoms with van der Waals surface area (Å²) in [6, 6.07) is 10.1. The molecule has 0 saturated heterocycles. The van der Waals surface area contributed by atoms with Gasteiger partial charge in [0.05, 0.1) is 0 Å². The van der Waals surface area contributed by atoms with Gasteiger partial charge in [0.25, 0.3) is 0 Å². The minimum absolute atomic E-state index is 0.00110. The Bertz CT molecular complexity index is 832. The van der Waals surface area contributed by atoms with E-state index in [2.05, 4.69) is 15.2 Å². The number of benzene rings is 2. The number of aromatic nitrogens is 3. The van der Waals surface area contributed by atoms with E-state index in [-0.39, 0.29) is 5.75 Å². The van der Waals surface area contributed by atoms with Gasteiger partial charge >= 0.3 is 6.18 Å². The lowest BCUT2D eigenvalue weighted by molar-refractivity contribution is -0.153. The third kappa shape index (κ3) is 3.53. The fourth-order valence-electron chi connectivity index (χ4n) is 2.26. The third-order valence-corrected chi connectivity index (χ3v) is 3.22. The molecule has 1 aromatic heterocycles. The first kappa shape index (κ1) is 16.0. The molecule has 0 aliphatic carbocycles. The molecule has 0 aliphatic heterocycles. The molecule has 3 aromatic rings. The van der Waals surface area contributed by atoms with Crippen molar-refractivity contribution < 1.29 is 22.3 Å². The number of hydrogen-bond donors (Lipinski definition) is 1. The van der Waals surface area contributed by atoms with Crippen molar-refractivity contribution in [3.63, 3.8) is 0 Å². The molecule has 0 amide bonds. The molecule has 0 saturated carbocycles. The average molecular weight is 337 g/mol. The first-order chi connectivity index (χ1) is 11.4. The maximum Gasteiger partial charge on any atom is 0.422 e. The van der Waals surface area contributed by atoms with Gasteiger partial charge in [-0.2, -0.15) is 18.3 Å². The zero-order chi connectivity index (χ0) is 17.2. The van der Waals surface area contributed by atoms with Gasteiger partial charge in [-0.3, -0.25) is 5.10 Å². The number of hydrogen-bond acceptors (Lipinski definition) is 3. The van der Waals surface area contributed by atoms with Crippen LogP contribution in [0.15, 0.2) is 48.8 Å². The van der Waals surface area contributed by atoms with E-state index in [1.54, 1.807) is 18.2 Å². The van der Waals surface area contributed by atoms with Crippen LogP contribution >= 0.6 is 0 Å². The average Bonchev–Trinajstić information content (AvgIpc) is 3.07. The van der Waals surface area contributed by atoms with Crippen LogP contribution in [0.1, 0.15) is 0 Å². The molecule has 1 N–H and O–H groups in total. The molecule has 0 bridgehead atoms. The van der Waals surface area contributed by atoms with E-state index in [4.69, 9.17) is 4.74 Å². The minimum Gasteiger partial charge on any atom is -0.483 e. The third-order valence-electron chi connectivity index (χ3n) is 3.22. The van der Waals surface area contributed by atoms with Gasteiger partial charge in [0.1, 0.15) is 17.9 Å². The highest BCUT2D eigenvalue weighted by Gasteiger charge is 2.29. The highest BCUT2D eigenvalue weighted by Crippen LogP contribution is 2.37. The van der Waals surface area contributed by atoms with Crippen molar-refractivity contribution in [2.75, 3.05) is 6.61 Å². The lowest BCUT2D eigenvalue weighted by Crippen LogP contribution is -2.19. The zero-order valence-electron chi connectivity index (χ0n) is 12.1. The van der Waals surface area contributed by atoms with E-state index in [0.717, 1.165) is 0 Å². The van der Waals surface area contributed by atoms with Crippen LogP contribution in [0, 0.1) is 5.82 Å². The minimum atomic E-state index is -4.47. The van der Waals surface area contributed by atoms with Crippen molar-refractivity contribution in [1.29, 1.82) is 0 Å². The van der Waals surface area contributed by atoms with Crippen molar-refractivity contribution in [3.8, 4) is 28.3 Å². The SMILES string of the molecule is Fc1ccc(-c2ncn[nH]2)c(-c2ccccc2OCC(F)(F)F)c1. The highest BCUT2D eigenvalue weighted by atomic mass is 19.4. The van der Waals surface area contributed by atoms with Gasteiger partial charge in [-0.15, -0.1) is 0 Å². The van der Waals surface area contributed by atoms with E-state index in [0.29, 0.717) is 22.5 Å². The van der Waals surface area contributed by atoms with Gasteiger partial charge in [0.2, 0.25) is 0 Å². The predicted octanol–water partition coefficient (Wildman–Crippen LogP) is 4.22. The van der Waals surface area contributed by atoms with Crippen molar-refractivity contribution in [2.24, 2.45) is 0 Å². The molecule has 0 radical (unpaired) electrons. The lowest BCUT2D eigenvalue weighted by Gasteiger charge is -2.15. The van der Waals surface area contributed by atoms with Crippen molar-refractivity contribution >= 4 is 0 Å². The fourth-order valence-corrected chi connectivity index (χ4v) is 2.26. The zero-order valence-corrected chi connectivity index (χ0v) is 12.1. The van der Waals surface area contributed by atoms with Crippen LogP contribution in [0.3, 0.4) is 0 Å². The van der Waals surface area contributed by atoms with Crippen LogP contribution in [0.4, 0.5) is 17.6 Å². The Balaban J connectivity index is 2.08. The molecule has 2 aromatic carbocycles. The lowest BCUT2D eigenvalue weighted by atomic mass is 9.98. The summed E-state index contributed by atoms with van der Waals surface area (Å²) in [6.07, 6.45) is -3.18. The summed E-state index contributed by atoms with van der Waals surface area (Å²) in [5.41, 5.74) is 1.18. The quantitative estimate of drug-likeness (QED) is 0.725. The highest BCUT2D eigenvalue weighted by molar-refractivity contribution is 5.83. The Morgan fingerprint density at radius 1 is 1.00 bits per heavy atom. The molecule has 3 rings (SSSR count). The molecule has 0 unspecified atom stereocenters. The van der Waals surface area contributed by atoms with Crippen molar-refractivity contribution in [2.45, 2.75) is 6.18 Å². The number of ether oxygens (including phenoxy) is 1. The number of halogens is 4. The summed E-state index contributed by atoms with van der Waals surface area (Å²) in [5, 5.41) is 6.39. The first-order valence-corrected chi connectivity index (χ1v) is 6.88. The monoisotopic (exact) mass is 337 g/mol. The van der Waals surface area contributed by atoms with E-state index in [9.17, 15) is 17.6 Å². The normalized spacial score (nSPS) is 11.5. The molecule has 4 nitrogen and oxygen atoms in total. The second-order valence-electron chi connectivity index (χ2n) is 4.92. The largest absolute Gasteiger partial charge is 0.483 e. The molecule has 0 atom stereocenters. The summed E-state index contributed by atoms with van der Waals surface area (Å²) in [5.74, 6) is -0.157. The van der Waals surface area contributed by atoms with E-state index in [1.165, 1.54) is 30.6 Å². The number of alkyl halides is 3.